The van der Waals surface area contributed by atoms with Crippen molar-refractivity contribution in [1.82, 2.24) is 4.90 Å². The van der Waals surface area contributed by atoms with Crippen LogP contribution in [0.4, 0.5) is 5.69 Å². The number of carbonyl (C=O) groups is 2. The minimum Gasteiger partial charge on any atom is -0.477 e. The molecule has 1 aromatic carbocycles. The molecule has 1 heterocycles. The van der Waals surface area contributed by atoms with Crippen LogP contribution in [0.25, 0.3) is 0 Å². The lowest BCUT2D eigenvalue weighted by molar-refractivity contribution is -0.385. The van der Waals surface area contributed by atoms with Crippen molar-refractivity contribution in [1.29, 1.82) is 0 Å². The molecule has 0 bridgehead atoms. The summed E-state index contributed by atoms with van der Waals surface area (Å²) in [7, 11) is 0. The van der Waals surface area contributed by atoms with Crippen LogP contribution in [0.5, 0.6) is 5.75 Å². The zero-order valence-corrected chi connectivity index (χ0v) is 13.0. The first-order valence-corrected chi connectivity index (χ1v) is 7.40. The van der Waals surface area contributed by atoms with Gasteiger partial charge >= 0.3 is 5.69 Å². The minimum atomic E-state index is -0.621. The van der Waals surface area contributed by atoms with Crippen molar-refractivity contribution < 1.29 is 19.2 Å². The van der Waals surface area contributed by atoms with Crippen LogP contribution in [0.15, 0.2) is 18.2 Å². The fraction of sp³-hybridized carbons (Fsp3) is 0.429. The maximum Gasteiger partial charge on any atom is 0.312 e. The third-order valence-electron chi connectivity index (χ3n) is 3.72. The normalized spacial score (nSPS) is 15.3. The Kier molecular flexibility index (Phi) is 5.38. The van der Waals surface area contributed by atoms with Crippen LogP contribution in [0.3, 0.4) is 0 Å². The lowest BCUT2D eigenvalue weighted by Gasteiger charge is -2.30. The number of amides is 2. The number of likely N-dealkylation sites (tertiary alicyclic amines) is 1. The smallest absolute Gasteiger partial charge is 0.312 e. The fourth-order valence-corrected chi connectivity index (χ4v) is 2.57. The minimum absolute atomic E-state index is 0.0141. The monoisotopic (exact) mass is 341 g/mol. The van der Waals surface area contributed by atoms with E-state index < -0.39 is 4.92 Å². The molecule has 0 radical (unpaired) electrons. The van der Waals surface area contributed by atoms with E-state index in [1.54, 1.807) is 4.90 Å². The average Bonchev–Trinajstić information content (AvgIpc) is 2.53. The van der Waals surface area contributed by atoms with Gasteiger partial charge in [-0.25, -0.2) is 0 Å². The second-order valence-electron chi connectivity index (χ2n) is 5.22. The van der Waals surface area contributed by atoms with Crippen LogP contribution in [0.2, 0.25) is 5.02 Å². The maximum atomic E-state index is 12.1. The number of hydrogen-bond acceptors (Lipinski definition) is 5. The van der Waals surface area contributed by atoms with E-state index in [0.29, 0.717) is 25.9 Å². The molecule has 0 spiro atoms. The zero-order chi connectivity index (χ0) is 17.0. The van der Waals surface area contributed by atoms with Gasteiger partial charge in [0.25, 0.3) is 5.91 Å². The average molecular weight is 342 g/mol. The lowest BCUT2D eigenvalue weighted by Crippen LogP contribution is -2.43. The molecule has 1 aromatic rings. The van der Waals surface area contributed by atoms with Gasteiger partial charge in [-0.3, -0.25) is 19.7 Å². The van der Waals surface area contributed by atoms with E-state index in [9.17, 15) is 19.7 Å². The van der Waals surface area contributed by atoms with Gasteiger partial charge in [0.2, 0.25) is 5.91 Å². The molecule has 1 fully saturated rings. The van der Waals surface area contributed by atoms with E-state index >= 15 is 0 Å². The topological polar surface area (TPSA) is 116 Å². The van der Waals surface area contributed by atoms with Gasteiger partial charge in [-0.15, -0.1) is 0 Å². The summed E-state index contributed by atoms with van der Waals surface area (Å²) >= 11 is 5.71. The Morgan fingerprint density at radius 2 is 2.04 bits per heavy atom. The standard InChI is InChI=1S/C14H16ClN3O5/c15-10-1-2-12(11(7-10)18(21)22)23-8-13(19)17-5-3-9(4-6-17)14(16)20/h1-2,7,9H,3-6,8H2,(H2,16,20). The largest absolute Gasteiger partial charge is 0.477 e. The molecule has 9 heteroatoms. The second-order valence-corrected chi connectivity index (χ2v) is 5.65. The van der Waals surface area contributed by atoms with Crippen molar-refractivity contribution >= 4 is 29.1 Å². The van der Waals surface area contributed by atoms with Crippen LogP contribution in [0.1, 0.15) is 12.8 Å². The van der Waals surface area contributed by atoms with E-state index in [2.05, 4.69) is 0 Å². The van der Waals surface area contributed by atoms with Crippen LogP contribution < -0.4 is 10.5 Å². The number of hydrogen-bond donors (Lipinski definition) is 1. The number of nitrogens with zero attached hydrogens (tertiary/aromatic N) is 2. The number of nitrogens with two attached hydrogens (primary N) is 1. The van der Waals surface area contributed by atoms with E-state index in [4.69, 9.17) is 22.1 Å². The number of halogens is 1. The molecule has 0 saturated carbocycles. The quantitative estimate of drug-likeness (QED) is 0.641. The van der Waals surface area contributed by atoms with Gasteiger partial charge in [0.1, 0.15) is 0 Å². The molecule has 0 aromatic heterocycles. The number of primary amides is 1. The van der Waals surface area contributed by atoms with Gasteiger partial charge in [0.05, 0.1) is 4.92 Å². The number of nitro groups is 1. The first-order valence-electron chi connectivity index (χ1n) is 7.02. The second kappa shape index (κ2) is 7.28. The molecule has 0 atom stereocenters. The van der Waals surface area contributed by atoms with Gasteiger partial charge in [0, 0.05) is 30.1 Å². The molecule has 1 aliphatic heterocycles. The number of benzene rings is 1. The van der Waals surface area contributed by atoms with Gasteiger partial charge in [-0.2, -0.15) is 0 Å². The first-order chi connectivity index (χ1) is 10.9. The molecular formula is C14H16ClN3O5. The maximum absolute atomic E-state index is 12.1. The molecule has 1 aliphatic rings. The number of rotatable bonds is 5. The summed E-state index contributed by atoms with van der Waals surface area (Å²) in [6.07, 6.45) is 1.03. The molecule has 8 nitrogen and oxygen atoms in total. The molecule has 1 saturated heterocycles. The highest BCUT2D eigenvalue weighted by atomic mass is 35.5. The molecule has 23 heavy (non-hydrogen) atoms. The summed E-state index contributed by atoms with van der Waals surface area (Å²) in [4.78, 5) is 35.1. The molecule has 0 aliphatic carbocycles. The predicted molar refractivity (Wildman–Crippen MR) is 82.1 cm³/mol. The van der Waals surface area contributed by atoms with E-state index in [1.165, 1.54) is 18.2 Å². The SMILES string of the molecule is NC(=O)C1CCN(C(=O)COc2ccc(Cl)cc2[N+](=O)[O-])CC1. The Bertz CT molecular complexity index is 629. The molecule has 124 valence electrons. The Hall–Kier alpha value is -2.35. The Morgan fingerprint density at radius 3 is 2.61 bits per heavy atom. The first kappa shape index (κ1) is 17.0. The molecule has 2 rings (SSSR count). The Balaban J connectivity index is 1.93. The number of nitro benzene ring substituents is 1. The van der Waals surface area contributed by atoms with Crippen molar-refractivity contribution in [3.63, 3.8) is 0 Å². The van der Waals surface area contributed by atoms with Crippen LogP contribution >= 0.6 is 11.6 Å². The van der Waals surface area contributed by atoms with Crippen molar-refractivity contribution in [2.45, 2.75) is 12.8 Å². The summed E-state index contributed by atoms with van der Waals surface area (Å²) in [5.74, 6) is -0.876. The molecular weight excluding hydrogens is 326 g/mol. The lowest BCUT2D eigenvalue weighted by atomic mass is 9.96. The summed E-state index contributed by atoms with van der Waals surface area (Å²) in [6, 6.07) is 3.97. The van der Waals surface area contributed by atoms with E-state index in [1.807, 2.05) is 0 Å². The van der Waals surface area contributed by atoms with Gasteiger partial charge < -0.3 is 15.4 Å². The number of piperidine rings is 1. The summed E-state index contributed by atoms with van der Waals surface area (Å²) in [5.41, 5.74) is 4.95. The highest BCUT2D eigenvalue weighted by molar-refractivity contribution is 6.30. The van der Waals surface area contributed by atoms with Crippen LogP contribution in [-0.2, 0) is 9.59 Å². The van der Waals surface area contributed by atoms with E-state index in [-0.39, 0.29) is 40.8 Å². The van der Waals surface area contributed by atoms with Crippen molar-refractivity contribution in [3.8, 4) is 5.75 Å². The van der Waals surface area contributed by atoms with Crippen molar-refractivity contribution in [2.75, 3.05) is 19.7 Å². The number of ether oxygens (including phenoxy) is 1. The summed E-state index contributed by atoms with van der Waals surface area (Å²) in [6.45, 7) is 0.515. The van der Waals surface area contributed by atoms with Gasteiger partial charge in [0.15, 0.2) is 12.4 Å². The molecule has 2 amide bonds. The third kappa shape index (κ3) is 4.32. The number of carbonyl (C=O) groups excluding carboxylic acids is 2. The van der Waals surface area contributed by atoms with Gasteiger partial charge in [-0.1, -0.05) is 11.6 Å². The highest BCUT2D eigenvalue weighted by Crippen LogP contribution is 2.30. The Labute approximate surface area is 137 Å². The van der Waals surface area contributed by atoms with Crippen LogP contribution in [0, 0.1) is 16.0 Å². The molecule has 0 unspecified atom stereocenters. The predicted octanol–water partition coefficient (Wildman–Crippen LogP) is 1.35. The summed E-state index contributed by atoms with van der Waals surface area (Å²) < 4.78 is 5.26. The Morgan fingerprint density at radius 1 is 1.39 bits per heavy atom. The third-order valence-corrected chi connectivity index (χ3v) is 3.95. The summed E-state index contributed by atoms with van der Waals surface area (Å²) in [5, 5.41) is 11.2. The molecule has 2 N–H and O–H groups in total. The van der Waals surface area contributed by atoms with Crippen LogP contribution in [-0.4, -0.2) is 41.3 Å². The van der Waals surface area contributed by atoms with E-state index in [0.717, 1.165) is 0 Å². The zero-order valence-electron chi connectivity index (χ0n) is 12.2. The van der Waals surface area contributed by atoms with Crippen molar-refractivity contribution in [2.24, 2.45) is 11.7 Å². The fourth-order valence-electron chi connectivity index (χ4n) is 2.40. The van der Waals surface area contributed by atoms with Gasteiger partial charge in [-0.05, 0) is 25.0 Å². The van der Waals surface area contributed by atoms with Crippen molar-refractivity contribution in [3.05, 3.63) is 33.3 Å². The highest BCUT2D eigenvalue weighted by Gasteiger charge is 2.26.